The Labute approximate surface area is 157 Å². The van der Waals surface area contributed by atoms with Gasteiger partial charge in [-0.25, -0.2) is 0 Å². The molecular weight excluding hydrogens is 328 g/mol. The average Bonchev–Trinajstić information content (AvgIpc) is 3.11. The van der Waals surface area contributed by atoms with Crippen molar-refractivity contribution in [3.63, 3.8) is 0 Å². The minimum Gasteiger partial charge on any atom is -0.516 e. The normalized spacial score (nSPS) is 28.1. The van der Waals surface area contributed by atoms with Gasteiger partial charge >= 0.3 is 5.97 Å². The molecule has 146 valence electrons. The second-order valence-corrected chi connectivity index (χ2v) is 7.79. The van der Waals surface area contributed by atoms with E-state index in [4.69, 9.17) is 10.2 Å². The molecule has 2 aliphatic rings. The lowest BCUT2D eigenvalue weighted by molar-refractivity contribution is -0.137. The Hall–Kier alpha value is -1.55. The van der Waals surface area contributed by atoms with Crippen molar-refractivity contribution in [2.24, 2.45) is 17.8 Å². The van der Waals surface area contributed by atoms with Crippen LogP contribution in [0.15, 0.2) is 36.1 Å². The summed E-state index contributed by atoms with van der Waals surface area (Å²) in [5.41, 5.74) is 1.47. The smallest absolute Gasteiger partial charge is 0.303 e. The van der Waals surface area contributed by atoms with Crippen LogP contribution in [0.25, 0.3) is 0 Å². The lowest BCUT2D eigenvalue weighted by atomic mass is 9.88. The van der Waals surface area contributed by atoms with Gasteiger partial charge in [-0.2, -0.15) is 0 Å². The van der Waals surface area contributed by atoms with Crippen molar-refractivity contribution >= 4 is 5.97 Å². The molecule has 2 aliphatic carbocycles. The number of hydrogen-bond acceptors (Lipinski definition) is 3. The van der Waals surface area contributed by atoms with Gasteiger partial charge in [-0.05, 0) is 69.6 Å². The minimum atomic E-state index is -0.708. The molecule has 1 fully saturated rings. The molecule has 0 saturated heterocycles. The summed E-state index contributed by atoms with van der Waals surface area (Å²) in [6.07, 6.45) is 19.8. The summed E-state index contributed by atoms with van der Waals surface area (Å²) in [7, 11) is 0. The van der Waals surface area contributed by atoms with Crippen LogP contribution in [-0.2, 0) is 4.79 Å². The van der Waals surface area contributed by atoms with Gasteiger partial charge in [-0.15, -0.1) is 0 Å². The quantitative estimate of drug-likeness (QED) is 0.255. The van der Waals surface area contributed by atoms with Crippen molar-refractivity contribution in [1.82, 2.24) is 0 Å². The third-order valence-corrected chi connectivity index (χ3v) is 5.79. The van der Waals surface area contributed by atoms with Crippen LogP contribution in [0.4, 0.5) is 0 Å². The molecule has 2 rings (SSSR count). The number of carbonyl (C=O) groups is 1. The number of aliphatic hydroxyl groups excluding tert-OH is 2. The standard InChI is InChI=1S/C22H34O4/c23-13-9-5-3-1-2-4-6-11-19-20-15-17(10-7-8-12-22(25)26)14-18(20)16-21(19)24/h6,9,11,13-14,18-21,23-24H,1-5,7-8,10,12,15-16H2,(H,25,26)/t18-,19+,20-,21+/m1/s1. The molecule has 4 heteroatoms. The molecule has 0 aliphatic heterocycles. The summed E-state index contributed by atoms with van der Waals surface area (Å²) < 4.78 is 0. The second-order valence-electron chi connectivity index (χ2n) is 7.79. The van der Waals surface area contributed by atoms with Crippen LogP contribution >= 0.6 is 0 Å². The molecule has 0 bridgehead atoms. The highest BCUT2D eigenvalue weighted by Crippen LogP contribution is 2.48. The molecule has 4 atom stereocenters. The zero-order valence-electron chi connectivity index (χ0n) is 15.7. The van der Waals surface area contributed by atoms with Gasteiger partial charge in [0.25, 0.3) is 0 Å². The first-order valence-electron chi connectivity index (χ1n) is 10.2. The molecule has 0 spiro atoms. The van der Waals surface area contributed by atoms with E-state index in [2.05, 4.69) is 18.2 Å². The van der Waals surface area contributed by atoms with Crippen LogP contribution in [0.1, 0.15) is 70.6 Å². The second kappa shape index (κ2) is 11.2. The Morgan fingerprint density at radius 2 is 1.88 bits per heavy atom. The maximum absolute atomic E-state index is 10.6. The van der Waals surface area contributed by atoms with E-state index < -0.39 is 5.97 Å². The topological polar surface area (TPSA) is 77.8 Å². The molecule has 0 amide bonds. The van der Waals surface area contributed by atoms with Gasteiger partial charge in [-0.1, -0.05) is 36.3 Å². The molecule has 0 aromatic rings. The first kappa shape index (κ1) is 20.8. The van der Waals surface area contributed by atoms with Crippen LogP contribution in [0.5, 0.6) is 0 Å². The fourth-order valence-electron chi connectivity index (χ4n) is 4.45. The lowest BCUT2D eigenvalue weighted by Gasteiger charge is -2.18. The van der Waals surface area contributed by atoms with Crippen molar-refractivity contribution in [3.8, 4) is 0 Å². The Bertz CT molecular complexity index is 520. The molecule has 4 nitrogen and oxygen atoms in total. The lowest BCUT2D eigenvalue weighted by Crippen LogP contribution is -2.17. The zero-order valence-corrected chi connectivity index (χ0v) is 15.7. The molecule has 0 heterocycles. The molecule has 0 aromatic carbocycles. The Morgan fingerprint density at radius 1 is 1.12 bits per heavy atom. The SMILES string of the molecule is O=C(O)CCCCC1=C[C@@H]2C[C@H](O)[C@@H](C=CCCCCCC=CO)[C@@H]2C1. The van der Waals surface area contributed by atoms with E-state index in [1.54, 1.807) is 6.08 Å². The first-order chi connectivity index (χ1) is 12.6. The highest BCUT2D eigenvalue weighted by Gasteiger charge is 2.42. The van der Waals surface area contributed by atoms with E-state index in [1.807, 2.05) is 0 Å². The van der Waals surface area contributed by atoms with Gasteiger partial charge in [0.1, 0.15) is 0 Å². The van der Waals surface area contributed by atoms with E-state index in [0.717, 1.165) is 70.5 Å². The molecule has 0 aromatic heterocycles. The van der Waals surface area contributed by atoms with E-state index >= 15 is 0 Å². The van der Waals surface area contributed by atoms with Crippen LogP contribution in [0, 0.1) is 17.8 Å². The Kier molecular flexibility index (Phi) is 8.96. The summed E-state index contributed by atoms with van der Waals surface area (Å²) in [5, 5.41) is 27.7. The number of unbranched alkanes of at least 4 members (excludes halogenated alkanes) is 5. The van der Waals surface area contributed by atoms with Crippen molar-refractivity contribution in [2.75, 3.05) is 0 Å². The maximum Gasteiger partial charge on any atom is 0.303 e. The summed E-state index contributed by atoms with van der Waals surface area (Å²) in [6, 6.07) is 0. The first-order valence-corrected chi connectivity index (χ1v) is 10.2. The number of aliphatic hydroxyl groups is 2. The van der Waals surface area contributed by atoms with Crippen molar-refractivity contribution in [1.29, 1.82) is 0 Å². The summed E-state index contributed by atoms with van der Waals surface area (Å²) in [4.78, 5) is 10.6. The van der Waals surface area contributed by atoms with Gasteiger partial charge < -0.3 is 15.3 Å². The molecule has 3 N–H and O–H groups in total. The minimum absolute atomic E-state index is 0.222. The van der Waals surface area contributed by atoms with Crippen LogP contribution in [0.2, 0.25) is 0 Å². The number of allylic oxidation sites excluding steroid dienone is 4. The largest absolute Gasteiger partial charge is 0.516 e. The number of carboxylic acids is 1. The predicted molar refractivity (Wildman–Crippen MR) is 104 cm³/mol. The Balaban J connectivity index is 1.68. The number of rotatable bonds is 12. The molecule has 1 saturated carbocycles. The van der Waals surface area contributed by atoms with Crippen molar-refractivity contribution in [3.05, 3.63) is 36.1 Å². The van der Waals surface area contributed by atoms with Gasteiger partial charge in [-0.3, -0.25) is 4.79 Å². The zero-order chi connectivity index (χ0) is 18.8. The van der Waals surface area contributed by atoms with Gasteiger partial charge in [0.15, 0.2) is 0 Å². The molecule has 26 heavy (non-hydrogen) atoms. The number of aliphatic carboxylic acids is 1. The third kappa shape index (κ3) is 6.64. The van der Waals surface area contributed by atoms with E-state index in [9.17, 15) is 9.90 Å². The fraction of sp³-hybridized carbons (Fsp3) is 0.682. The maximum atomic E-state index is 10.6. The number of fused-ring (bicyclic) bond motifs is 1. The van der Waals surface area contributed by atoms with Gasteiger partial charge in [0.05, 0.1) is 12.4 Å². The van der Waals surface area contributed by atoms with Crippen molar-refractivity contribution < 1.29 is 20.1 Å². The Morgan fingerprint density at radius 3 is 2.62 bits per heavy atom. The van der Waals surface area contributed by atoms with Gasteiger partial charge in [0.2, 0.25) is 0 Å². The number of carboxylic acid groups (broad SMARTS) is 1. The highest BCUT2D eigenvalue weighted by atomic mass is 16.4. The van der Waals surface area contributed by atoms with Crippen LogP contribution in [0.3, 0.4) is 0 Å². The predicted octanol–water partition coefficient (Wildman–Crippen LogP) is 5.15. The average molecular weight is 363 g/mol. The third-order valence-electron chi connectivity index (χ3n) is 5.79. The fourth-order valence-corrected chi connectivity index (χ4v) is 4.45. The van der Waals surface area contributed by atoms with Crippen LogP contribution in [-0.4, -0.2) is 27.4 Å². The molecule has 0 unspecified atom stereocenters. The van der Waals surface area contributed by atoms with Gasteiger partial charge in [0, 0.05) is 12.3 Å². The summed E-state index contributed by atoms with van der Waals surface area (Å²) in [6.45, 7) is 0. The molecule has 0 radical (unpaired) electrons. The summed E-state index contributed by atoms with van der Waals surface area (Å²) in [5.74, 6) is 0.593. The van der Waals surface area contributed by atoms with Crippen molar-refractivity contribution in [2.45, 2.75) is 76.7 Å². The van der Waals surface area contributed by atoms with E-state index in [0.29, 0.717) is 11.8 Å². The van der Waals surface area contributed by atoms with E-state index in [1.165, 1.54) is 5.57 Å². The van der Waals surface area contributed by atoms with Crippen LogP contribution < -0.4 is 0 Å². The number of hydrogen-bond donors (Lipinski definition) is 3. The highest BCUT2D eigenvalue weighted by molar-refractivity contribution is 5.66. The monoisotopic (exact) mass is 362 g/mol. The molecular formula is C22H34O4. The van der Waals surface area contributed by atoms with E-state index in [-0.39, 0.29) is 18.4 Å². The summed E-state index contributed by atoms with van der Waals surface area (Å²) >= 11 is 0.